The Morgan fingerprint density at radius 2 is 2.05 bits per heavy atom. The third-order valence-corrected chi connectivity index (χ3v) is 5.26. The summed E-state index contributed by atoms with van der Waals surface area (Å²) in [7, 11) is 0. The van der Waals surface area contributed by atoms with Crippen molar-refractivity contribution in [3.63, 3.8) is 0 Å². The van der Waals surface area contributed by atoms with Crippen molar-refractivity contribution in [2.24, 2.45) is 11.1 Å². The molecule has 2 saturated heterocycles. The molecule has 0 saturated carbocycles. The van der Waals surface area contributed by atoms with Crippen molar-refractivity contribution < 1.29 is 9.84 Å². The van der Waals surface area contributed by atoms with Crippen LogP contribution in [0.1, 0.15) is 37.3 Å². The molecule has 0 amide bonds. The standard InChI is InChI=1S/C16H23NO2/c1-11-3-5-12(6-4-11)15(2,18)16(10-17)9-13-7-8-14(16)19-13/h3-6,13-14,18H,7-10,17H2,1-2H3. The molecule has 3 nitrogen and oxygen atoms in total. The van der Waals surface area contributed by atoms with E-state index in [4.69, 9.17) is 10.5 Å². The molecule has 2 bridgehead atoms. The van der Waals surface area contributed by atoms with E-state index in [1.807, 2.05) is 31.2 Å². The Labute approximate surface area is 114 Å². The van der Waals surface area contributed by atoms with Crippen LogP contribution >= 0.6 is 0 Å². The lowest BCUT2D eigenvalue weighted by atomic mass is 9.61. The minimum absolute atomic E-state index is 0.0961. The number of aliphatic hydroxyl groups is 1. The molecule has 3 heteroatoms. The maximum absolute atomic E-state index is 11.2. The van der Waals surface area contributed by atoms with Crippen LogP contribution in [-0.4, -0.2) is 23.9 Å². The highest BCUT2D eigenvalue weighted by molar-refractivity contribution is 5.30. The molecule has 2 aliphatic rings. The Morgan fingerprint density at radius 3 is 2.53 bits per heavy atom. The molecule has 0 radical (unpaired) electrons. The summed E-state index contributed by atoms with van der Waals surface area (Å²) in [6.07, 6.45) is 3.37. The fraction of sp³-hybridized carbons (Fsp3) is 0.625. The average Bonchev–Trinajstić information content (AvgIpc) is 3.00. The van der Waals surface area contributed by atoms with Crippen molar-refractivity contribution in [1.82, 2.24) is 0 Å². The van der Waals surface area contributed by atoms with Crippen LogP contribution in [0.4, 0.5) is 0 Å². The molecule has 2 fully saturated rings. The highest BCUT2D eigenvalue weighted by Crippen LogP contribution is 2.56. The maximum Gasteiger partial charge on any atom is 0.0962 e. The number of benzene rings is 1. The second kappa shape index (κ2) is 4.30. The lowest BCUT2D eigenvalue weighted by Crippen LogP contribution is -2.54. The van der Waals surface area contributed by atoms with E-state index in [-0.39, 0.29) is 17.6 Å². The van der Waals surface area contributed by atoms with Gasteiger partial charge in [0, 0.05) is 12.0 Å². The van der Waals surface area contributed by atoms with E-state index >= 15 is 0 Å². The Bertz CT molecular complexity index is 468. The van der Waals surface area contributed by atoms with Crippen LogP contribution in [-0.2, 0) is 10.3 Å². The molecule has 1 aromatic carbocycles. The molecule has 0 aliphatic carbocycles. The number of aryl methyl sites for hydroxylation is 1. The van der Waals surface area contributed by atoms with E-state index in [0.29, 0.717) is 6.54 Å². The minimum atomic E-state index is -0.935. The smallest absolute Gasteiger partial charge is 0.0962 e. The van der Waals surface area contributed by atoms with Gasteiger partial charge in [0.1, 0.15) is 0 Å². The molecule has 3 rings (SSSR count). The van der Waals surface area contributed by atoms with Crippen molar-refractivity contribution in [3.05, 3.63) is 35.4 Å². The number of hydrogen-bond donors (Lipinski definition) is 2. The second-order valence-corrected chi connectivity index (χ2v) is 6.33. The third kappa shape index (κ3) is 1.76. The van der Waals surface area contributed by atoms with Gasteiger partial charge >= 0.3 is 0 Å². The summed E-state index contributed by atoms with van der Waals surface area (Å²) < 4.78 is 5.97. The van der Waals surface area contributed by atoms with Crippen LogP contribution < -0.4 is 5.73 Å². The van der Waals surface area contributed by atoms with Crippen LogP contribution in [0.3, 0.4) is 0 Å². The summed E-state index contributed by atoms with van der Waals surface area (Å²) in [6.45, 7) is 4.42. The summed E-state index contributed by atoms with van der Waals surface area (Å²) in [5, 5.41) is 11.2. The molecular weight excluding hydrogens is 238 g/mol. The summed E-state index contributed by atoms with van der Waals surface area (Å²) in [6, 6.07) is 8.11. The number of ether oxygens (including phenoxy) is 1. The highest BCUT2D eigenvalue weighted by atomic mass is 16.5. The molecule has 1 aromatic rings. The lowest BCUT2D eigenvalue weighted by molar-refractivity contribution is -0.105. The number of hydrogen-bond acceptors (Lipinski definition) is 3. The Balaban J connectivity index is 2.00. The molecule has 0 aromatic heterocycles. The van der Waals surface area contributed by atoms with Gasteiger partial charge < -0.3 is 15.6 Å². The van der Waals surface area contributed by atoms with Gasteiger partial charge in [0.2, 0.25) is 0 Å². The van der Waals surface area contributed by atoms with E-state index < -0.39 is 5.60 Å². The first-order chi connectivity index (χ1) is 8.99. The molecule has 104 valence electrons. The minimum Gasteiger partial charge on any atom is -0.385 e. The quantitative estimate of drug-likeness (QED) is 0.876. The van der Waals surface area contributed by atoms with Gasteiger partial charge in [-0.15, -0.1) is 0 Å². The molecule has 4 unspecified atom stereocenters. The first kappa shape index (κ1) is 13.1. The van der Waals surface area contributed by atoms with Gasteiger partial charge in [-0.2, -0.15) is 0 Å². The van der Waals surface area contributed by atoms with Gasteiger partial charge in [0.05, 0.1) is 17.8 Å². The first-order valence-electron chi connectivity index (χ1n) is 7.15. The van der Waals surface area contributed by atoms with Crippen molar-refractivity contribution in [3.8, 4) is 0 Å². The van der Waals surface area contributed by atoms with Crippen LogP contribution in [0.15, 0.2) is 24.3 Å². The van der Waals surface area contributed by atoms with Crippen LogP contribution in [0, 0.1) is 12.3 Å². The zero-order valence-corrected chi connectivity index (χ0v) is 11.7. The number of nitrogens with two attached hydrogens (primary N) is 1. The Hall–Kier alpha value is -0.900. The summed E-state index contributed by atoms with van der Waals surface area (Å²) >= 11 is 0. The summed E-state index contributed by atoms with van der Waals surface area (Å²) in [4.78, 5) is 0. The molecule has 2 heterocycles. The van der Waals surface area contributed by atoms with Crippen molar-refractivity contribution in [2.45, 2.75) is 50.9 Å². The molecular formula is C16H23NO2. The van der Waals surface area contributed by atoms with E-state index in [2.05, 4.69) is 6.92 Å². The SMILES string of the molecule is Cc1ccc(C(C)(O)C2(CN)CC3CCC2O3)cc1. The topological polar surface area (TPSA) is 55.5 Å². The van der Waals surface area contributed by atoms with E-state index in [1.54, 1.807) is 0 Å². The van der Waals surface area contributed by atoms with Crippen LogP contribution in [0.2, 0.25) is 0 Å². The van der Waals surface area contributed by atoms with Crippen molar-refractivity contribution >= 4 is 0 Å². The molecule has 19 heavy (non-hydrogen) atoms. The molecule has 4 atom stereocenters. The average molecular weight is 261 g/mol. The van der Waals surface area contributed by atoms with Gasteiger partial charge in [-0.3, -0.25) is 0 Å². The maximum atomic E-state index is 11.2. The van der Waals surface area contributed by atoms with Crippen molar-refractivity contribution in [2.75, 3.05) is 6.54 Å². The Kier molecular flexibility index (Phi) is 2.97. The fourth-order valence-corrected chi connectivity index (χ4v) is 3.89. The molecule has 2 aliphatic heterocycles. The first-order valence-corrected chi connectivity index (χ1v) is 7.15. The highest BCUT2D eigenvalue weighted by Gasteiger charge is 2.60. The normalized spacial score (nSPS) is 36.4. The van der Waals surface area contributed by atoms with Gasteiger partial charge in [-0.05, 0) is 38.7 Å². The predicted octanol–water partition coefficient (Wildman–Crippen LogP) is 2.10. The lowest BCUT2D eigenvalue weighted by Gasteiger charge is -2.46. The largest absolute Gasteiger partial charge is 0.385 e. The molecule has 0 spiro atoms. The molecule has 3 N–H and O–H groups in total. The third-order valence-electron chi connectivity index (χ3n) is 5.26. The van der Waals surface area contributed by atoms with Crippen molar-refractivity contribution in [1.29, 1.82) is 0 Å². The number of fused-ring (bicyclic) bond motifs is 2. The second-order valence-electron chi connectivity index (χ2n) is 6.33. The fourth-order valence-electron chi connectivity index (χ4n) is 3.89. The van der Waals surface area contributed by atoms with Gasteiger partial charge in [0.25, 0.3) is 0 Å². The zero-order valence-electron chi connectivity index (χ0n) is 11.7. The monoisotopic (exact) mass is 261 g/mol. The van der Waals surface area contributed by atoms with E-state index in [9.17, 15) is 5.11 Å². The Morgan fingerprint density at radius 1 is 1.37 bits per heavy atom. The van der Waals surface area contributed by atoms with Gasteiger partial charge in [-0.25, -0.2) is 0 Å². The zero-order chi connectivity index (χ0) is 13.7. The van der Waals surface area contributed by atoms with Crippen LogP contribution in [0.5, 0.6) is 0 Å². The number of rotatable bonds is 3. The summed E-state index contributed by atoms with van der Waals surface area (Å²) in [5.41, 5.74) is 6.94. The van der Waals surface area contributed by atoms with Gasteiger partial charge in [-0.1, -0.05) is 29.8 Å². The van der Waals surface area contributed by atoms with E-state index in [1.165, 1.54) is 5.56 Å². The van der Waals surface area contributed by atoms with Gasteiger partial charge in [0.15, 0.2) is 0 Å². The predicted molar refractivity (Wildman–Crippen MR) is 74.7 cm³/mol. The van der Waals surface area contributed by atoms with Crippen LogP contribution in [0.25, 0.3) is 0 Å². The summed E-state index contributed by atoms with van der Waals surface area (Å²) in [5.74, 6) is 0. The van der Waals surface area contributed by atoms with E-state index in [0.717, 1.165) is 24.8 Å².